The largest absolute Gasteiger partial charge is 0.478 e. The van der Waals surface area contributed by atoms with Crippen molar-refractivity contribution in [3.8, 4) is 0 Å². The maximum Gasteiger partial charge on any atom is 0.339 e. The van der Waals surface area contributed by atoms with Gasteiger partial charge in [0, 0.05) is 0 Å². The molecule has 1 aromatic heterocycles. The minimum Gasteiger partial charge on any atom is -0.478 e. The molecule has 6 heteroatoms. The van der Waals surface area contributed by atoms with Gasteiger partial charge in [-0.25, -0.2) is 9.78 Å². The quantitative estimate of drug-likeness (QED) is 0.836. The smallest absolute Gasteiger partial charge is 0.339 e. The highest BCUT2D eigenvalue weighted by Crippen LogP contribution is 2.28. The van der Waals surface area contributed by atoms with E-state index in [1.165, 1.54) is 12.1 Å². The summed E-state index contributed by atoms with van der Waals surface area (Å²) in [5.74, 6) is -0.928. The fourth-order valence-corrected chi connectivity index (χ4v) is 1.88. The summed E-state index contributed by atoms with van der Waals surface area (Å²) in [6, 6.07) is 8.20. The van der Waals surface area contributed by atoms with E-state index < -0.39 is 5.97 Å². The summed E-state index contributed by atoms with van der Waals surface area (Å²) < 4.78 is 0. The van der Waals surface area contributed by atoms with E-state index in [1.54, 1.807) is 12.1 Å². The molecular formula is C13H10Cl2N2O2. The van der Waals surface area contributed by atoms with Crippen LogP contribution in [-0.2, 0) is 0 Å². The molecule has 2 N–H and O–H groups in total. The van der Waals surface area contributed by atoms with E-state index in [4.69, 9.17) is 28.3 Å². The summed E-state index contributed by atoms with van der Waals surface area (Å²) in [5, 5.41) is 12.7. The SMILES string of the molecule is Cc1ccc(Cl)c(Nc2nc(Cl)ccc2C(=O)O)c1. The Labute approximate surface area is 120 Å². The number of nitrogens with one attached hydrogen (secondary N) is 1. The Hall–Kier alpha value is -1.78. The number of carboxylic acid groups (broad SMARTS) is 1. The van der Waals surface area contributed by atoms with Gasteiger partial charge < -0.3 is 10.4 Å². The second-order valence-corrected chi connectivity index (χ2v) is 4.74. The Morgan fingerprint density at radius 1 is 1.26 bits per heavy atom. The highest BCUT2D eigenvalue weighted by Gasteiger charge is 2.13. The van der Waals surface area contributed by atoms with E-state index >= 15 is 0 Å². The zero-order valence-corrected chi connectivity index (χ0v) is 11.5. The van der Waals surface area contributed by atoms with Gasteiger partial charge in [0.15, 0.2) is 0 Å². The lowest BCUT2D eigenvalue weighted by atomic mass is 10.2. The van der Waals surface area contributed by atoms with Crippen molar-refractivity contribution in [3.05, 3.63) is 51.6 Å². The van der Waals surface area contributed by atoms with Crippen molar-refractivity contribution >= 4 is 40.7 Å². The Morgan fingerprint density at radius 3 is 2.68 bits per heavy atom. The van der Waals surface area contributed by atoms with Crippen LogP contribution < -0.4 is 5.32 Å². The van der Waals surface area contributed by atoms with Gasteiger partial charge >= 0.3 is 5.97 Å². The molecule has 0 saturated heterocycles. The molecule has 0 bridgehead atoms. The first-order chi connectivity index (χ1) is 8.97. The molecule has 1 heterocycles. The number of rotatable bonds is 3. The summed E-state index contributed by atoms with van der Waals surface area (Å²) in [5.41, 5.74) is 1.60. The van der Waals surface area contributed by atoms with Gasteiger partial charge in [-0.15, -0.1) is 0 Å². The van der Waals surface area contributed by atoms with Gasteiger partial charge in [0.1, 0.15) is 16.5 Å². The molecule has 0 radical (unpaired) electrons. The van der Waals surface area contributed by atoms with Gasteiger partial charge in [0.05, 0.1) is 10.7 Å². The minimum absolute atomic E-state index is 0.0296. The van der Waals surface area contributed by atoms with Crippen LogP contribution in [0.5, 0.6) is 0 Å². The van der Waals surface area contributed by atoms with Gasteiger partial charge in [-0.3, -0.25) is 0 Å². The van der Waals surface area contributed by atoms with Gasteiger partial charge in [0.25, 0.3) is 0 Å². The van der Waals surface area contributed by atoms with Crippen molar-refractivity contribution in [2.45, 2.75) is 6.92 Å². The average Bonchev–Trinajstić information content (AvgIpc) is 2.33. The first kappa shape index (κ1) is 13.6. The zero-order chi connectivity index (χ0) is 14.0. The molecule has 2 aromatic rings. The van der Waals surface area contributed by atoms with E-state index in [9.17, 15) is 4.79 Å². The number of pyridine rings is 1. The number of hydrogen-bond donors (Lipinski definition) is 2. The maximum atomic E-state index is 11.1. The van der Waals surface area contributed by atoms with E-state index in [0.29, 0.717) is 10.7 Å². The number of aromatic nitrogens is 1. The molecule has 1 aromatic carbocycles. The number of benzene rings is 1. The lowest BCUT2D eigenvalue weighted by molar-refractivity contribution is 0.0697. The molecule has 19 heavy (non-hydrogen) atoms. The first-order valence-electron chi connectivity index (χ1n) is 5.40. The second kappa shape index (κ2) is 5.47. The second-order valence-electron chi connectivity index (χ2n) is 3.94. The van der Waals surface area contributed by atoms with Crippen LogP contribution in [0.3, 0.4) is 0 Å². The number of carboxylic acids is 1. The van der Waals surface area contributed by atoms with Crippen LogP contribution in [-0.4, -0.2) is 16.1 Å². The Bertz CT molecular complexity index is 645. The monoisotopic (exact) mass is 296 g/mol. The third-order valence-corrected chi connectivity index (χ3v) is 3.01. The molecule has 0 aliphatic heterocycles. The fourth-order valence-electron chi connectivity index (χ4n) is 1.57. The predicted octanol–water partition coefficient (Wildman–Crippen LogP) is 4.14. The first-order valence-corrected chi connectivity index (χ1v) is 6.16. The number of aryl methyl sites for hydroxylation is 1. The van der Waals surface area contributed by atoms with Crippen LogP contribution in [0.1, 0.15) is 15.9 Å². The highest BCUT2D eigenvalue weighted by atomic mass is 35.5. The van der Waals surface area contributed by atoms with E-state index in [-0.39, 0.29) is 16.5 Å². The van der Waals surface area contributed by atoms with Crippen LogP contribution in [0.15, 0.2) is 30.3 Å². The predicted molar refractivity (Wildman–Crippen MR) is 75.7 cm³/mol. The maximum absolute atomic E-state index is 11.1. The highest BCUT2D eigenvalue weighted by molar-refractivity contribution is 6.33. The van der Waals surface area contributed by atoms with Gasteiger partial charge in [0.2, 0.25) is 0 Å². The average molecular weight is 297 g/mol. The Balaban J connectivity index is 2.45. The number of aromatic carboxylic acids is 1. The number of hydrogen-bond acceptors (Lipinski definition) is 3. The minimum atomic E-state index is -1.09. The van der Waals surface area contributed by atoms with Crippen LogP contribution in [0.4, 0.5) is 11.5 Å². The summed E-state index contributed by atoms with van der Waals surface area (Å²) in [7, 11) is 0. The Kier molecular flexibility index (Phi) is 3.93. The van der Waals surface area contributed by atoms with Gasteiger partial charge in [-0.1, -0.05) is 29.3 Å². The number of carbonyl (C=O) groups is 1. The summed E-state index contributed by atoms with van der Waals surface area (Å²) >= 11 is 11.8. The fraction of sp³-hybridized carbons (Fsp3) is 0.0769. The molecule has 0 spiro atoms. The van der Waals surface area contributed by atoms with Crippen LogP contribution in [0, 0.1) is 6.92 Å². The lowest BCUT2D eigenvalue weighted by Gasteiger charge is -2.11. The summed E-state index contributed by atoms with van der Waals surface area (Å²) in [6.45, 7) is 1.91. The van der Waals surface area contributed by atoms with Crippen LogP contribution in [0.25, 0.3) is 0 Å². The normalized spacial score (nSPS) is 10.3. The van der Waals surface area contributed by atoms with Crippen molar-refractivity contribution in [3.63, 3.8) is 0 Å². The molecule has 0 aliphatic rings. The summed E-state index contributed by atoms with van der Waals surface area (Å²) in [6.07, 6.45) is 0. The van der Waals surface area contributed by atoms with Crippen molar-refractivity contribution < 1.29 is 9.90 Å². The van der Waals surface area contributed by atoms with Crippen LogP contribution in [0.2, 0.25) is 10.2 Å². The standard InChI is InChI=1S/C13H10Cl2N2O2/c1-7-2-4-9(14)10(6-7)16-12-8(13(18)19)3-5-11(15)17-12/h2-6H,1H3,(H,16,17)(H,18,19). The molecule has 0 atom stereocenters. The van der Waals surface area contributed by atoms with Crippen molar-refractivity contribution in [2.24, 2.45) is 0 Å². The number of halogens is 2. The third-order valence-electron chi connectivity index (χ3n) is 2.47. The van der Waals surface area contributed by atoms with E-state index in [2.05, 4.69) is 10.3 Å². The molecule has 4 nitrogen and oxygen atoms in total. The molecule has 2 rings (SSSR count). The molecule has 0 aliphatic carbocycles. The number of nitrogens with zero attached hydrogens (tertiary/aromatic N) is 1. The Morgan fingerprint density at radius 2 is 2.00 bits per heavy atom. The third kappa shape index (κ3) is 3.16. The van der Waals surface area contributed by atoms with Crippen molar-refractivity contribution in [2.75, 3.05) is 5.32 Å². The molecule has 0 unspecified atom stereocenters. The van der Waals surface area contributed by atoms with Crippen molar-refractivity contribution in [1.82, 2.24) is 4.98 Å². The molecule has 0 fully saturated rings. The van der Waals surface area contributed by atoms with E-state index in [0.717, 1.165) is 5.56 Å². The lowest BCUT2D eigenvalue weighted by Crippen LogP contribution is -2.05. The summed E-state index contributed by atoms with van der Waals surface area (Å²) in [4.78, 5) is 15.1. The molecule has 0 amide bonds. The van der Waals surface area contributed by atoms with Gasteiger partial charge in [-0.05, 0) is 36.8 Å². The molecular weight excluding hydrogens is 287 g/mol. The molecule has 98 valence electrons. The van der Waals surface area contributed by atoms with Gasteiger partial charge in [-0.2, -0.15) is 0 Å². The molecule has 0 saturated carbocycles. The number of anilines is 2. The van der Waals surface area contributed by atoms with Crippen LogP contribution >= 0.6 is 23.2 Å². The van der Waals surface area contributed by atoms with E-state index in [1.807, 2.05) is 13.0 Å². The topological polar surface area (TPSA) is 62.2 Å². The van der Waals surface area contributed by atoms with Crippen molar-refractivity contribution in [1.29, 1.82) is 0 Å². The zero-order valence-electron chi connectivity index (χ0n) is 9.95.